The van der Waals surface area contributed by atoms with Crippen molar-refractivity contribution in [3.8, 4) is 5.75 Å². The van der Waals surface area contributed by atoms with Crippen molar-refractivity contribution in [2.24, 2.45) is 5.92 Å². The average Bonchev–Trinajstić information content (AvgIpc) is 2.94. The molecule has 1 aliphatic rings. The van der Waals surface area contributed by atoms with Gasteiger partial charge < -0.3 is 4.74 Å². The molecule has 0 unspecified atom stereocenters. The van der Waals surface area contributed by atoms with E-state index in [2.05, 4.69) is 34.1 Å². The average molecular weight is 423 g/mol. The van der Waals surface area contributed by atoms with Crippen molar-refractivity contribution >= 4 is 25.8 Å². The first-order chi connectivity index (χ1) is 11.8. The monoisotopic (exact) mass is 422 g/mol. The Balaban J connectivity index is 1.65. The molecule has 0 saturated heterocycles. The molecule has 134 valence electrons. The molecule has 2 aromatic rings. The van der Waals surface area contributed by atoms with E-state index in [0.29, 0.717) is 6.61 Å². The molecule has 0 spiro atoms. The molecular weight excluding hydrogens is 400 g/mol. The SMILES string of the molecule is CC(C)S(=O)(=O)C[C@H]1Cc2ccc(COc3ccccc3Br)cc2C1. The summed E-state index contributed by atoms with van der Waals surface area (Å²) in [5.74, 6) is 1.30. The minimum Gasteiger partial charge on any atom is -0.488 e. The molecule has 25 heavy (non-hydrogen) atoms. The summed E-state index contributed by atoms with van der Waals surface area (Å²) in [6.07, 6.45) is 1.69. The van der Waals surface area contributed by atoms with Crippen molar-refractivity contribution in [2.45, 2.75) is 38.5 Å². The van der Waals surface area contributed by atoms with Crippen LogP contribution >= 0.6 is 15.9 Å². The van der Waals surface area contributed by atoms with Gasteiger partial charge in [0.25, 0.3) is 0 Å². The third-order valence-corrected chi connectivity index (χ3v) is 7.73. The second kappa shape index (κ2) is 7.50. The van der Waals surface area contributed by atoms with E-state index >= 15 is 0 Å². The first-order valence-corrected chi connectivity index (χ1v) is 11.1. The minimum absolute atomic E-state index is 0.196. The van der Waals surface area contributed by atoms with Gasteiger partial charge in [-0.25, -0.2) is 8.42 Å². The van der Waals surface area contributed by atoms with Crippen LogP contribution in [0.25, 0.3) is 0 Å². The number of sulfone groups is 1. The second-order valence-corrected chi connectivity index (χ2v) is 10.4. The van der Waals surface area contributed by atoms with Crippen molar-refractivity contribution in [3.05, 3.63) is 63.6 Å². The van der Waals surface area contributed by atoms with Crippen LogP contribution in [0.1, 0.15) is 30.5 Å². The minimum atomic E-state index is -2.99. The largest absolute Gasteiger partial charge is 0.488 e. The summed E-state index contributed by atoms with van der Waals surface area (Å²) in [6.45, 7) is 4.02. The molecule has 0 bridgehead atoms. The van der Waals surface area contributed by atoms with Gasteiger partial charge >= 0.3 is 0 Å². The van der Waals surface area contributed by atoms with Crippen molar-refractivity contribution < 1.29 is 13.2 Å². The molecule has 2 aromatic carbocycles. The molecule has 0 saturated carbocycles. The Hall–Kier alpha value is -1.33. The quantitative estimate of drug-likeness (QED) is 0.684. The fourth-order valence-corrected chi connectivity index (χ4v) is 4.89. The second-order valence-electron chi connectivity index (χ2n) is 6.97. The van der Waals surface area contributed by atoms with Crippen LogP contribution in [0.15, 0.2) is 46.9 Å². The lowest BCUT2D eigenvalue weighted by atomic mass is 10.1. The highest BCUT2D eigenvalue weighted by Gasteiger charge is 2.28. The normalized spacial score (nSPS) is 16.9. The molecular formula is C20H23BrO3S. The molecule has 3 nitrogen and oxygen atoms in total. The Labute approximate surface area is 158 Å². The third-order valence-electron chi connectivity index (χ3n) is 4.71. The lowest BCUT2D eigenvalue weighted by Gasteiger charge is -2.12. The van der Waals surface area contributed by atoms with Gasteiger partial charge in [-0.05, 0) is 77.4 Å². The van der Waals surface area contributed by atoms with Gasteiger partial charge in [0.05, 0.1) is 15.5 Å². The van der Waals surface area contributed by atoms with Gasteiger partial charge in [-0.2, -0.15) is 0 Å². The van der Waals surface area contributed by atoms with Gasteiger partial charge in [0.15, 0.2) is 9.84 Å². The zero-order chi connectivity index (χ0) is 18.0. The van der Waals surface area contributed by atoms with Gasteiger partial charge in [-0.3, -0.25) is 0 Å². The summed E-state index contributed by atoms with van der Waals surface area (Å²) in [6, 6.07) is 14.2. The lowest BCUT2D eigenvalue weighted by molar-refractivity contribution is 0.304. The van der Waals surface area contributed by atoms with E-state index in [1.807, 2.05) is 24.3 Å². The molecule has 1 atom stereocenters. The topological polar surface area (TPSA) is 43.4 Å². The van der Waals surface area contributed by atoms with Crippen LogP contribution in [0.2, 0.25) is 0 Å². The number of hydrogen-bond acceptors (Lipinski definition) is 3. The number of halogens is 1. The summed E-state index contributed by atoms with van der Waals surface area (Å²) in [7, 11) is -2.99. The zero-order valence-corrected chi connectivity index (χ0v) is 16.9. The fourth-order valence-electron chi connectivity index (χ4n) is 3.21. The molecule has 5 heteroatoms. The fraction of sp³-hybridized carbons (Fsp3) is 0.400. The van der Waals surface area contributed by atoms with Crippen LogP contribution < -0.4 is 4.74 Å². The van der Waals surface area contributed by atoms with Gasteiger partial charge in [0.2, 0.25) is 0 Å². The van der Waals surface area contributed by atoms with Crippen LogP contribution in [-0.4, -0.2) is 19.4 Å². The van der Waals surface area contributed by atoms with Crippen LogP contribution in [-0.2, 0) is 29.3 Å². The maximum absolute atomic E-state index is 12.2. The maximum atomic E-state index is 12.2. The summed E-state index contributed by atoms with van der Waals surface area (Å²) >= 11 is 3.49. The van der Waals surface area contributed by atoms with Crippen molar-refractivity contribution in [3.63, 3.8) is 0 Å². The van der Waals surface area contributed by atoms with Crippen LogP contribution in [0.5, 0.6) is 5.75 Å². The van der Waals surface area contributed by atoms with E-state index < -0.39 is 9.84 Å². The highest BCUT2D eigenvalue weighted by Crippen LogP contribution is 2.30. The molecule has 0 heterocycles. The Kier molecular flexibility index (Phi) is 5.54. The number of fused-ring (bicyclic) bond motifs is 1. The van der Waals surface area contributed by atoms with E-state index in [1.165, 1.54) is 11.1 Å². The number of ether oxygens (including phenoxy) is 1. The van der Waals surface area contributed by atoms with E-state index in [-0.39, 0.29) is 16.9 Å². The molecule has 0 aliphatic heterocycles. The van der Waals surface area contributed by atoms with Gasteiger partial charge in [-0.15, -0.1) is 0 Å². The number of benzene rings is 2. The van der Waals surface area contributed by atoms with E-state index in [0.717, 1.165) is 28.6 Å². The van der Waals surface area contributed by atoms with Gasteiger partial charge in [-0.1, -0.05) is 30.3 Å². The first-order valence-electron chi connectivity index (χ1n) is 8.54. The molecule has 0 aromatic heterocycles. The van der Waals surface area contributed by atoms with Crippen LogP contribution in [0, 0.1) is 5.92 Å². The predicted molar refractivity (Wildman–Crippen MR) is 105 cm³/mol. The molecule has 0 N–H and O–H groups in total. The maximum Gasteiger partial charge on any atom is 0.152 e. The van der Waals surface area contributed by atoms with Crippen LogP contribution in [0.3, 0.4) is 0 Å². The summed E-state index contributed by atoms with van der Waals surface area (Å²) in [5.41, 5.74) is 3.65. The first kappa shape index (κ1) is 18.5. The third kappa shape index (κ3) is 4.45. The van der Waals surface area contributed by atoms with Crippen molar-refractivity contribution in [1.82, 2.24) is 0 Å². The molecule has 0 radical (unpaired) electrons. The number of para-hydroxylation sites is 1. The lowest BCUT2D eigenvalue weighted by Crippen LogP contribution is -2.23. The summed E-state index contributed by atoms with van der Waals surface area (Å²) < 4.78 is 31.2. The molecule has 0 amide bonds. The standard InChI is InChI=1S/C20H23BrO3S/c1-14(2)25(22,23)13-16-10-17-8-7-15(9-18(17)11-16)12-24-20-6-4-3-5-19(20)21/h3-9,14,16H,10-13H2,1-2H3/t16-/m0/s1. The summed E-state index contributed by atoms with van der Waals surface area (Å²) in [4.78, 5) is 0. The Morgan fingerprint density at radius 2 is 1.84 bits per heavy atom. The van der Waals surface area contributed by atoms with Crippen molar-refractivity contribution in [1.29, 1.82) is 0 Å². The van der Waals surface area contributed by atoms with Crippen molar-refractivity contribution in [2.75, 3.05) is 5.75 Å². The zero-order valence-electron chi connectivity index (χ0n) is 14.5. The number of rotatable bonds is 6. The van der Waals surface area contributed by atoms with E-state index in [1.54, 1.807) is 13.8 Å². The van der Waals surface area contributed by atoms with E-state index in [9.17, 15) is 8.42 Å². The molecule has 3 rings (SSSR count). The van der Waals surface area contributed by atoms with Gasteiger partial charge in [0.1, 0.15) is 12.4 Å². The highest BCUT2D eigenvalue weighted by molar-refractivity contribution is 9.10. The Bertz CT molecular complexity index is 859. The predicted octanol–water partition coefficient (Wildman–Crippen LogP) is 4.57. The smallest absolute Gasteiger partial charge is 0.152 e. The number of hydrogen-bond donors (Lipinski definition) is 0. The van der Waals surface area contributed by atoms with E-state index in [4.69, 9.17) is 4.74 Å². The molecule has 0 fully saturated rings. The Morgan fingerprint density at radius 1 is 1.12 bits per heavy atom. The molecule has 1 aliphatic carbocycles. The Morgan fingerprint density at radius 3 is 2.56 bits per heavy atom. The highest BCUT2D eigenvalue weighted by atomic mass is 79.9. The summed E-state index contributed by atoms with van der Waals surface area (Å²) in [5, 5.41) is -0.301. The van der Waals surface area contributed by atoms with Crippen LogP contribution in [0.4, 0.5) is 0 Å². The van der Waals surface area contributed by atoms with Gasteiger partial charge in [0, 0.05) is 0 Å².